The van der Waals surface area contributed by atoms with Crippen LogP contribution >= 0.6 is 0 Å². The van der Waals surface area contributed by atoms with E-state index >= 15 is 0 Å². The molecule has 2 saturated heterocycles. The number of nitrogens with one attached hydrogen (secondary N) is 1. The monoisotopic (exact) mass is 442 g/mol. The summed E-state index contributed by atoms with van der Waals surface area (Å²) in [6.45, 7) is 8.36. The van der Waals surface area contributed by atoms with Gasteiger partial charge in [0.05, 0.1) is 32.6 Å². The second-order valence-electron chi connectivity index (χ2n) is 8.44. The summed E-state index contributed by atoms with van der Waals surface area (Å²) in [7, 11) is 1.68. The molecule has 0 saturated carbocycles. The molecule has 0 bridgehead atoms. The van der Waals surface area contributed by atoms with Gasteiger partial charge in [0.1, 0.15) is 0 Å². The van der Waals surface area contributed by atoms with E-state index in [0.29, 0.717) is 31.7 Å². The number of hydrogen-bond acceptors (Lipinski definition) is 7. The van der Waals surface area contributed by atoms with Gasteiger partial charge in [-0.1, -0.05) is 19.1 Å². The summed E-state index contributed by atoms with van der Waals surface area (Å²) < 4.78 is 17.0. The Balaban J connectivity index is 1.41. The van der Waals surface area contributed by atoms with Crippen molar-refractivity contribution in [2.45, 2.75) is 38.6 Å². The number of hydrogen-bond donors (Lipinski definition) is 1. The van der Waals surface area contributed by atoms with Crippen molar-refractivity contribution in [2.75, 3.05) is 58.0 Å². The van der Waals surface area contributed by atoms with Crippen LogP contribution in [0.4, 0.5) is 5.95 Å². The van der Waals surface area contributed by atoms with E-state index in [2.05, 4.69) is 27.8 Å². The number of likely N-dealkylation sites (tertiary alicyclic amines) is 1. The molecule has 2 fully saturated rings. The average Bonchev–Trinajstić information content (AvgIpc) is 2.83. The summed E-state index contributed by atoms with van der Waals surface area (Å²) in [6.07, 6.45) is 2.92. The molecule has 0 unspecified atom stereocenters. The van der Waals surface area contributed by atoms with Crippen LogP contribution in [-0.2, 0) is 11.3 Å². The molecule has 0 radical (unpaired) electrons. The van der Waals surface area contributed by atoms with Crippen molar-refractivity contribution in [3.05, 3.63) is 45.9 Å². The van der Waals surface area contributed by atoms with E-state index in [-0.39, 0.29) is 5.56 Å². The van der Waals surface area contributed by atoms with Crippen LogP contribution in [0.25, 0.3) is 0 Å². The summed E-state index contributed by atoms with van der Waals surface area (Å²) in [6, 6.07) is 7.76. The quantitative estimate of drug-likeness (QED) is 0.673. The Morgan fingerprint density at radius 2 is 1.97 bits per heavy atom. The standard InChI is InChI=1S/C24H34N4O4/c1-3-13-32-23-19(5-4-6-21(23)30-2)17-27-9-7-18(8-10-27)20-16-22(29)26-24(25-20)28-11-14-31-15-12-28/h4-6,16,18H,3,7-15,17H2,1-2H3,(H,25,26,29). The van der Waals surface area contributed by atoms with Crippen LogP contribution in [0.2, 0.25) is 0 Å². The van der Waals surface area contributed by atoms with Crippen LogP contribution in [0.5, 0.6) is 11.5 Å². The van der Waals surface area contributed by atoms with Gasteiger partial charge < -0.3 is 19.1 Å². The van der Waals surface area contributed by atoms with Gasteiger partial charge in [-0.3, -0.25) is 14.7 Å². The highest BCUT2D eigenvalue weighted by Gasteiger charge is 2.25. The second-order valence-corrected chi connectivity index (χ2v) is 8.44. The number of nitrogens with zero attached hydrogens (tertiary/aromatic N) is 3. The molecule has 4 rings (SSSR count). The van der Waals surface area contributed by atoms with Gasteiger partial charge in [0.15, 0.2) is 11.5 Å². The molecule has 32 heavy (non-hydrogen) atoms. The molecular weight excluding hydrogens is 408 g/mol. The van der Waals surface area contributed by atoms with Crippen molar-refractivity contribution < 1.29 is 14.2 Å². The fourth-order valence-corrected chi connectivity index (χ4v) is 4.44. The first-order valence-corrected chi connectivity index (χ1v) is 11.6. The Kier molecular flexibility index (Phi) is 7.65. The maximum Gasteiger partial charge on any atom is 0.252 e. The zero-order valence-electron chi connectivity index (χ0n) is 19.1. The minimum Gasteiger partial charge on any atom is -0.493 e. The molecule has 0 amide bonds. The van der Waals surface area contributed by atoms with E-state index in [9.17, 15) is 4.79 Å². The SMILES string of the molecule is CCCOc1c(CN2CCC(c3cc(=O)[nH]c(N4CCOCC4)n3)CC2)cccc1OC. The van der Waals surface area contributed by atoms with Crippen LogP contribution < -0.4 is 19.9 Å². The van der Waals surface area contributed by atoms with Gasteiger partial charge >= 0.3 is 0 Å². The molecule has 3 heterocycles. The Labute approximate surface area is 189 Å². The molecule has 8 heteroatoms. The number of aromatic amines is 1. The number of methoxy groups -OCH3 is 1. The first-order valence-electron chi connectivity index (χ1n) is 11.6. The van der Waals surface area contributed by atoms with Crippen molar-refractivity contribution >= 4 is 5.95 Å². The van der Waals surface area contributed by atoms with Crippen molar-refractivity contribution in [3.63, 3.8) is 0 Å². The number of anilines is 1. The fourth-order valence-electron chi connectivity index (χ4n) is 4.44. The van der Waals surface area contributed by atoms with Gasteiger partial charge in [0.2, 0.25) is 5.95 Å². The minimum absolute atomic E-state index is 0.0759. The van der Waals surface area contributed by atoms with Gasteiger partial charge in [-0.15, -0.1) is 0 Å². The summed E-state index contributed by atoms with van der Waals surface area (Å²) in [5, 5.41) is 0. The number of ether oxygens (including phenoxy) is 3. The Hall–Kier alpha value is -2.58. The highest BCUT2D eigenvalue weighted by molar-refractivity contribution is 5.46. The average molecular weight is 443 g/mol. The first-order chi connectivity index (χ1) is 15.7. The third kappa shape index (κ3) is 5.42. The van der Waals surface area contributed by atoms with E-state index in [1.165, 1.54) is 0 Å². The smallest absolute Gasteiger partial charge is 0.252 e. The van der Waals surface area contributed by atoms with Crippen LogP contribution in [-0.4, -0.2) is 68.0 Å². The number of para-hydroxylation sites is 1. The van der Waals surface area contributed by atoms with E-state index in [1.54, 1.807) is 13.2 Å². The molecule has 2 aromatic rings. The summed E-state index contributed by atoms with van der Waals surface area (Å²) in [5.74, 6) is 2.61. The second kappa shape index (κ2) is 10.8. The fraction of sp³-hybridized carbons (Fsp3) is 0.583. The van der Waals surface area contributed by atoms with Gasteiger partial charge in [-0.2, -0.15) is 0 Å². The number of H-pyrrole nitrogens is 1. The lowest BCUT2D eigenvalue weighted by Gasteiger charge is -2.33. The van der Waals surface area contributed by atoms with Gasteiger partial charge in [-0.25, -0.2) is 4.98 Å². The number of aromatic nitrogens is 2. The molecule has 2 aliphatic heterocycles. The normalized spacial score (nSPS) is 18.0. The lowest BCUT2D eigenvalue weighted by Crippen LogP contribution is -2.39. The molecule has 0 aliphatic carbocycles. The van der Waals surface area contributed by atoms with Gasteiger partial charge in [0, 0.05) is 37.2 Å². The lowest BCUT2D eigenvalue weighted by molar-refractivity contribution is 0.122. The van der Waals surface area contributed by atoms with E-state index < -0.39 is 0 Å². The van der Waals surface area contributed by atoms with Gasteiger partial charge in [0.25, 0.3) is 5.56 Å². The van der Waals surface area contributed by atoms with Crippen LogP contribution in [0, 0.1) is 0 Å². The third-order valence-electron chi connectivity index (χ3n) is 6.19. The van der Waals surface area contributed by atoms with Gasteiger partial charge in [-0.05, 0) is 38.4 Å². The number of piperidine rings is 1. The highest BCUT2D eigenvalue weighted by Crippen LogP contribution is 2.34. The third-order valence-corrected chi connectivity index (χ3v) is 6.19. The molecule has 2 aliphatic rings. The lowest BCUT2D eigenvalue weighted by atomic mass is 9.93. The zero-order valence-corrected chi connectivity index (χ0v) is 19.1. The molecule has 174 valence electrons. The Bertz CT molecular complexity index is 934. The van der Waals surface area contributed by atoms with Crippen molar-refractivity contribution in [1.82, 2.24) is 14.9 Å². The number of rotatable bonds is 8. The Morgan fingerprint density at radius 1 is 1.19 bits per heavy atom. The molecular formula is C24H34N4O4. The number of morpholine rings is 1. The molecule has 1 N–H and O–H groups in total. The first kappa shape index (κ1) is 22.6. The zero-order chi connectivity index (χ0) is 22.3. The topological polar surface area (TPSA) is 79.9 Å². The maximum atomic E-state index is 12.3. The summed E-state index contributed by atoms with van der Waals surface area (Å²) in [5.41, 5.74) is 1.98. The van der Waals surface area contributed by atoms with E-state index in [0.717, 1.165) is 74.7 Å². The Morgan fingerprint density at radius 3 is 2.69 bits per heavy atom. The van der Waals surface area contributed by atoms with Crippen LogP contribution in [0.1, 0.15) is 43.4 Å². The molecule has 0 spiro atoms. The maximum absolute atomic E-state index is 12.3. The molecule has 0 atom stereocenters. The van der Waals surface area contributed by atoms with E-state index in [4.69, 9.17) is 19.2 Å². The van der Waals surface area contributed by atoms with E-state index in [1.807, 2.05) is 12.1 Å². The van der Waals surface area contributed by atoms with Crippen molar-refractivity contribution in [1.29, 1.82) is 0 Å². The largest absolute Gasteiger partial charge is 0.493 e. The highest BCUT2D eigenvalue weighted by atomic mass is 16.5. The summed E-state index contributed by atoms with van der Waals surface area (Å²) >= 11 is 0. The van der Waals surface area contributed by atoms with Crippen LogP contribution in [0.15, 0.2) is 29.1 Å². The predicted octanol–water partition coefficient (Wildman–Crippen LogP) is 2.78. The minimum atomic E-state index is -0.0759. The molecule has 8 nitrogen and oxygen atoms in total. The van der Waals surface area contributed by atoms with Crippen molar-refractivity contribution in [2.24, 2.45) is 0 Å². The van der Waals surface area contributed by atoms with Crippen LogP contribution in [0.3, 0.4) is 0 Å². The van der Waals surface area contributed by atoms with Crippen molar-refractivity contribution in [3.8, 4) is 11.5 Å². The molecule has 1 aromatic heterocycles. The number of benzene rings is 1. The molecule has 1 aromatic carbocycles. The summed E-state index contributed by atoms with van der Waals surface area (Å²) in [4.78, 5) is 24.6. The predicted molar refractivity (Wildman–Crippen MR) is 124 cm³/mol.